The lowest BCUT2D eigenvalue weighted by atomic mass is 9.77. The second-order valence-corrected chi connectivity index (χ2v) is 7.20. The first-order valence-corrected chi connectivity index (χ1v) is 8.73. The minimum atomic E-state index is -0.334. The van der Waals surface area contributed by atoms with Gasteiger partial charge in [0.2, 0.25) is 5.91 Å². The van der Waals surface area contributed by atoms with Gasteiger partial charge in [0.25, 0.3) is 0 Å². The van der Waals surface area contributed by atoms with Crippen LogP contribution in [0.25, 0.3) is 0 Å². The summed E-state index contributed by atoms with van der Waals surface area (Å²) in [7, 11) is 1.98. The molecule has 0 spiro atoms. The molecule has 2 fully saturated rings. The molecule has 1 saturated heterocycles. The van der Waals surface area contributed by atoms with Crippen molar-refractivity contribution in [2.45, 2.75) is 37.5 Å². The fourth-order valence-corrected chi connectivity index (χ4v) is 4.36. The van der Waals surface area contributed by atoms with Gasteiger partial charge < -0.3 is 10.2 Å². The molecule has 1 aliphatic carbocycles. The van der Waals surface area contributed by atoms with Crippen molar-refractivity contribution in [1.29, 1.82) is 0 Å². The van der Waals surface area contributed by atoms with E-state index < -0.39 is 0 Å². The average Bonchev–Trinajstić information content (AvgIpc) is 3.17. The van der Waals surface area contributed by atoms with Crippen LogP contribution in [0.4, 0.5) is 0 Å². The maximum atomic E-state index is 13.3. The summed E-state index contributed by atoms with van der Waals surface area (Å²) in [6, 6.07) is 7.93. The van der Waals surface area contributed by atoms with Crippen LogP contribution in [-0.4, -0.2) is 37.5 Å². The fourth-order valence-electron chi connectivity index (χ4n) is 4.17. The van der Waals surface area contributed by atoms with Crippen LogP contribution in [0, 0.1) is 5.92 Å². The first kappa shape index (κ1) is 15.8. The van der Waals surface area contributed by atoms with E-state index >= 15 is 0 Å². The Bertz CT molecular complexity index is 540. The standard InChI is InChI=1S/C18H25ClN2O/c1-20-12-14-7-10-21(13-14)17(22)18(8-2-3-9-18)15-5-4-6-16(19)11-15/h4-6,11,14,20H,2-3,7-10,12-13H2,1H3. The number of halogens is 1. The Morgan fingerprint density at radius 2 is 2.18 bits per heavy atom. The highest BCUT2D eigenvalue weighted by atomic mass is 35.5. The lowest BCUT2D eigenvalue weighted by Crippen LogP contribution is -2.44. The summed E-state index contributed by atoms with van der Waals surface area (Å²) in [4.78, 5) is 15.4. The molecule has 2 aliphatic rings. The molecule has 0 bridgehead atoms. The summed E-state index contributed by atoms with van der Waals surface area (Å²) in [6.45, 7) is 2.78. The molecule has 1 aromatic rings. The normalized spacial score (nSPS) is 23.9. The SMILES string of the molecule is CNCC1CCN(C(=O)C2(c3cccc(Cl)c3)CCCC2)C1. The Hall–Kier alpha value is -1.06. The first-order valence-electron chi connectivity index (χ1n) is 8.36. The van der Waals surface area contributed by atoms with Crippen LogP contribution >= 0.6 is 11.6 Å². The molecule has 3 rings (SSSR count). The quantitative estimate of drug-likeness (QED) is 0.924. The molecule has 1 atom stereocenters. The van der Waals surface area contributed by atoms with Crippen LogP contribution < -0.4 is 5.32 Å². The van der Waals surface area contributed by atoms with Gasteiger partial charge in [0.1, 0.15) is 0 Å². The number of rotatable bonds is 4. The lowest BCUT2D eigenvalue weighted by Gasteiger charge is -2.33. The van der Waals surface area contributed by atoms with E-state index in [0.717, 1.165) is 62.3 Å². The molecule has 0 aromatic heterocycles. The third-order valence-electron chi connectivity index (χ3n) is 5.31. The van der Waals surface area contributed by atoms with E-state index in [-0.39, 0.29) is 5.41 Å². The van der Waals surface area contributed by atoms with Crippen LogP contribution in [0.15, 0.2) is 24.3 Å². The Morgan fingerprint density at radius 3 is 2.86 bits per heavy atom. The van der Waals surface area contributed by atoms with Crippen molar-refractivity contribution in [3.63, 3.8) is 0 Å². The zero-order valence-electron chi connectivity index (χ0n) is 13.3. The van der Waals surface area contributed by atoms with Crippen molar-refractivity contribution < 1.29 is 4.79 Å². The number of nitrogens with one attached hydrogen (secondary N) is 1. The van der Waals surface area contributed by atoms with E-state index in [0.29, 0.717) is 11.8 Å². The number of hydrogen-bond donors (Lipinski definition) is 1. The van der Waals surface area contributed by atoms with Crippen LogP contribution in [0.2, 0.25) is 5.02 Å². The van der Waals surface area contributed by atoms with Gasteiger partial charge in [0, 0.05) is 18.1 Å². The van der Waals surface area contributed by atoms with Gasteiger partial charge in [-0.2, -0.15) is 0 Å². The van der Waals surface area contributed by atoms with Crippen molar-refractivity contribution in [3.05, 3.63) is 34.9 Å². The monoisotopic (exact) mass is 320 g/mol. The highest BCUT2D eigenvalue weighted by Gasteiger charge is 2.46. The number of hydrogen-bond acceptors (Lipinski definition) is 2. The Kier molecular flexibility index (Phi) is 4.74. The number of benzene rings is 1. The molecule has 1 heterocycles. The first-order chi connectivity index (χ1) is 10.7. The average molecular weight is 321 g/mol. The molecule has 3 nitrogen and oxygen atoms in total. The fraction of sp³-hybridized carbons (Fsp3) is 0.611. The third kappa shape index (κ3) is 2.89. The highest BCUT2D eigenvalue weighted by Crippen LogP contribution is 2.44. The number of carbonyl (C=O) groups is 1. The van der Waals surface area contributed by atoms with Gasteiger partial charge >= 0.3 is 0 Å². The molecule has 1 amide bonds. The van der Waals surface area contributed by atoms with Gasteiger partial charge in [-0.15, -0.1) is 0 Å². The van der Waals surface area contributed by atoms with Gasteiger partial charge in [0.05, 0.1) is 5.41 Å². The Balaban J connectivity index is 1.84. The third-order valence-corrected chi connectivity index (χ3v) is 5.54. The van der Waals surface area contributed by atoms with Gasteiger partial charge in [-0.25, -0.2) is 0 Å². The van der Waals surface area contributed by atoms with Crippen LogP contribution in [-0.2, 0) is 10.2 Å². The van der Waals surface area contributed by atoms with Crippen molar-refractivity contribution in [1.82, 2.24) is 10.2 Å². The second kappa shape index (κ2) is 6.59. The number of likely N-dealkylation sites (tertiary alicyclic amines) is 1. The van der Waals surface area contributed by atoms with Crippen molar-refractivity contribution in [2.75, 3.05) is 26.7 Å². The van der Waals surface area contributed by atoms with E-state index in [2.05, 4.69) is 16.3 Å². The predicted octanol–water partition coefficient (Wildman–Crippen LogP) is 3.22. The Morgan fingerprint density at radius 1 is 1.41 bits per heavy atom. The molecule has 0 radical (unpaired) electrons. The minimum absolute atomic E-state index is 0.325. The maximum absolute atomic E-state index is 13.3. The summed E-state index contributed by atoms with van der Waals surface area (Å²) < 4.78 is 0. The molecular formula is C18H25ClN2O. The minimum Gasteiger partial charge on any atom is -0.342 e. The zero-order chi connectivity index (χ0) is 15.6. The van der Waals surface area contributed by atoms with Crippen LogP contribution in [0.3, 0.4) is 0 Å². The maximum Gasteiger partial charge on any atom is 0.233 e. The number of amides is 1. The predicted molar refractivity (Wildman–Crippen MR) is 90.2 cm³/mol. The zero-order valence-corrected chi connectivity index (χ0v) is 14.0. The van der Waals surface area contributed by atoms with E-state index in [4.69, 9.17) is 11.6 Å². The number of carbonyl (C=O) groups excluding carboxylic acids is 1. The van der Waals surface area contributed by atoms with Crippen molar-refractivity contribution in [2.24, 2.45) is 5.92 Å². The Labute approximate surface area is 138 Å². The largest absolute Gasteiger partial charge is 0.342 e. The summed E-state index contributed by atoms with van der Waals surface area (Å²) in [5, 5.41) is 3.96. The van der Waals surface area contributed by atoms with Crippen LogP contribution in [0.5, 0.6) is 0 Å². The molecule has 1 saturated carbocycles. The molecule has 1 unspecified atom stereocenters. The smallest absolute Gasteiger partial charge is 0.233 e. The summed E-state index contributed by atoms with van der Waals surface area (Å²) in [6.07, 6.45) is 5.29. The lowest BCUT2D eigenvalue weighted by molar-refractivity contribution is -0.136. The molecule has 4 heteroatoms. The van der Waals surface area contributed by atoms with Crippen molar-refractivity contribution in [3.8, 4) is 0 Å². The van der Waals surface area contributed by atoms with E-state index in [9.17, 15) is 4.79 Å². The van der Waals surface area contributed by atoms with E-state index in [1.807, 2.05) is 25.2 Å². The van der Waals surface area contributed by atoms with Crippen molar-refractivity contribution >= 4 is 17.5 Å². The molecular weight excluding hydrogens is 296 g/mol. The summed E-state index contributed by atoms with van der Waals surface area (Å²) in [5.74, 6) is 0.914. The van der Waals surface area contributed by atoms with Gasteiger partial charge in [-0.05, 0) is 56.5 Å². The van der Waals surface area contributed by atoms with Gasteiger partial charge in [0.15, 0.2) is 0 Å². The molecule has 120 valence electrons. The molecule has 1 N–H and O–H groups in total. The summed E-state index contributed by atoms with van der Waals surface area (Å²) in [5.41, 5.74) is 0.777. The van der Waals surface area contributed by atoms with E-state index in [1.165, 1.54) is 0 Å². The van der Waals surface area contributed by atoms with Gasteiger partial charge in [-0.1, -0.05) is 36.6 Å². The van der Waals surface area contributed by atoms with Gasteiger partial charge in [-0.3, -0.25) is 4.79 Å². The summed E-state index contributed by atoms with van der Waals surface area (Å²) >= 11 is 6.18. The topological polar surface area (TPSA) is 32.3 Å². The molecule has 22 heavy (non-hydrogen) atoms. The van der Waals surface area contributed by atoms with Crippen LogP contribution in [0.1, 0.15) is 37.7 Å². The second-order valence-electron chi connectivity index (χ2n) is 6.76. The highest BCUT2D eigenvalue weighted by molar-refractivity contribution is 6.30. The number of nitrogens with zero attached hydrogens (tertiary/aromatic N) is 1. The van der Waals surface area contributed by atoms with E-state index in [1.54, 1.807) is 0 Å². The molecule has 1 aromatic carbocycles. The molecule has 1 aliphatic heterocycles.